The molecule has 1 aromatic rings. The number of nitrogen functional groups attached to an aromatic ring is 1. The minimum absolute atomic E-state index is 0. The van der Waals surface area contributed by atoms with Gasteiger partial charge in [-0.1, -0.05) is 0 Å². The van der Waals surface area contributed by atoms with Crippen LogP contribution in [-0.2, 0) is 6.42 Å². The van der Waals surface area contributed by atoms with E-state index >= 15 is 0 Å². The monoisotopic (exact) mass is 243 g/mol. The van der Waals surface area contributed by atoms with E-state index in [0.29, 0.717) is 5.13 Å². The third kappa shape index (κ3) is 6.10. The van der Waals surface area contributed by atoms with Gasteiger partial charge in [-0.25, -0.2) is 4.98 Å². The number of halogens is 2. The zero-order valence-electron chi connectivity index (χ0n) is 7.69. The Kier molecular flexibility index (Phi) is 8.77. The van der Waals surface area contributed by atoms with Gasteiger partial charge in [-0.3, -0.25) is 0 Å². The van der Waals surface area contributed by atoms with E-state index in [9.17, 15) is 0 Å². The minimum Gasteiger partial charge on any atom is -0.375 e. The zero-order valence-corrected chi connectivity index (χ0v) is 10.1. The van der Waals surface area contributed by atoms with Crippen LogP contribution in [0.25, 0.3) is 0 Å². The molecule has 3 nitrogen and oxygen atoms in total. The lowest BCUT2D eigenvalue weighted by atomic mass is 10.4. The summed E-state index contributed by atoms with van der Waals surface area (Å²) in [6, 6.07) is 0. The molecule has 78 valence electrons. The zero-order chi connectivity index (χ0) is 8.27. The largest absolute Gasteiger partial charge is 0.375 e. The third-order valence-electron chi connectivity index (χ3n) is 1.38. The maximum atomic E-state index is 5.48. The summed E-state index contributed by atoms with van der Waals surface area (Å²) in [6.45, 7) is 1.06. The fourth-order valence-corrected chi connectivity index (χ4v) is 1.44. The van der Waals surface area contributed by atoms with Crippen molar-refractivity contribution in [1.29, 1.82) is 0 Å². The van der Waals surface area contributed by atoms with Crippen LogP contribution in [0, 0.1) is 0 Å². The highest BCUT2D eigenvalue weighted by molar-refractivity contribution is 7.15. The van der Waals surface area contributed by atoms with Crippen molar-refractivity contribution in [1.82, 2.24) is 9.88 Å². The average molecular weight is 244 g/mol. The van der Waals surface area contributed by atoms with Gasteiger partial charge < -0.3 is 10.6 Å². The summed E-state index contributed by atoms with van der Waals surface area (Å²) in [5, 5.41) is 0.666. The number of thiazole rings is 1. The van der Waals surface area contributed by atoms with E-state index < -0.39 is 0 Å². The summed E-state index contributed by atoms with van der Waals surface area (Å²) in [5.41, 5.74) is 5.48. The molecule has 0 aliphatic carbocycles. The predicted octanol–water partition coefficient (Wildman–Crippen LogP) is 1.67. The van der Waals surface area contributed by atoms with Crippen molar-refractivity contribution >= 4 is 41.3 Å². The first kappa shape index (κ1) is 15.4. The maximum absolute atomic E-state index is 5.48. The van der Waals surface area contributed by atoms with E-state index in [-0.39, 0.29) is 24.8 Å². The molecule has 13 heavy (non-hydrogen) atoms. The number of nitrogens with two attached hydrogens (primary N) is 1. The van der Waals surface area contributed by atoms with Crippen LogP contribution < -0.4 is 5.73 Å². The topological polar surface area (TPSA) is 42.2 Å². The van der Waals surface area contributed by atoms with Crippen molar-refractivity contribution in [2.45, 2.75) is 6.42 Å². The molecule has 2 N–H and O–H groups in total. The lowest BCUT2D eigenvalue weighted by molar-refractivity contribution is 0.415. The summed E-state index contributed by atoms with van der Waals surface area (Å²) >= 11 is 1.57. The highest BCUT2D eigenvalue weighted by atomic mass is 35.5. The van der Waals surface area contributed by atoms with Crippen molar-refractivity contribution < 1.29 is 0 Å². The lowest BCUT2D eigenvalue weighted by Gasteiger charge is -2.06. The Morgan fingerprint density at radius 3 is 2.46 bits per heavy atom. The molecule has 0 aliphatic heterocycles. The summed E-state index contributed by atoms with van der Waals surface area (Å²) in [5.74, 6) is 0. The van der Waals surface area contributed by atoms with Gasteiger partial charge in [-0.15, -0.1) is 36.2 Å². The van der Waals surface area contributed by atoms with Gasteiger partial charge in [0, 0.05) is 17.6 Å². The van der Waals surface area contributed by atoms with Crippen molar-refractivity contribution in [2.75, 3.05) is 26.4 Å². The summed E-state index contributed by atoms with van der Waals surface area (Å²) in [6.07, 6.45) is 2.89. The molecule has 0 aromatic carbocycles. The standard InChI is InChI=1S/C7H13N3S.2ClH/c1-10(2)4-3-6-5-9-7(8)11-6;;/h5H,3-4H2,1-2H3,(H2,8,9);2*1H. The van der Waals surface area contributed by atoms with Gasteiger partial charge in [0.2, 0.25) is 0 Å². The van der Waals surface area contributed by atoms with Crippen LogP contribution in [0.15, 0.2) is 6.20 Å². The molecule has 0 aliphatic rings. The highest BCUT2D eigenvalue weighted by Crippen LogP contribution is 2.14. The molecule has 0 saturated heterocycles. The number of hydrogen-bond acceptors (Lipinski definition) is 4. The Morgan fingerprint density at radius 1 is 1.46 bits per heavy atom. The molecule has 0 saturated carbocycles. The molecular formula is C7H15Cl2N3S. The molecule has 0 spiro atoms. The van der Waals surface area contributed by atoms with Crippen LogP contribution in [0.4, 0.5) is 5.13 Å². The van der Waals surface area contributed by atoms with Gasteiger partial charge in [-0.05, 0) is 20.5 Å². The normalized spacial score (nSPS) is 9.15. The highest BCUT2D eigenvalue weighted by Gasteiger charge is 1.98. The second-order valence-corrected chi connectivity index (χ2v) is 3.86. The van der Waals surface area contributed by atoms with Gasteiger partial charge in [0.25, 0.3) is 0 Å². The second kappa shape index (κ2) is 7.38. The van der Waals surface area contributed by atoms with Crippen LogP contribution in [0.5, 0.6) is 0 Å². The van der Waals surface area contributed by atoms with E-state index in [0.717, 1.165) is 13.0 Å². The summed E-state index contributed by atoms with van der Waals surface area (Å²) in [7, 11) is 4.12. The number of anilines is 1. The van der Waals surface area contributed by atoms with Crippen molar-refractivity contribution in [3.63, 3.8) is 0 Å². The van der Waals surface area contributed by atoms with Gasteiger partial charge in [-0.2, -0.15) is 0 Å². The Bertz CT molecular complexity index is 227. The Labute approximate surface area is 95.2 Å². The quantitative estimate of drug-likeness (QED) is 0.879. The number of hydrogen-bond donors (Lipinski definition) is 1. The summed E-state index contributed by atoms with van der Waals surface area (Å²) < 4.78 is 0. The molecule has 0 atom stereocenters. The van der Waals surface area contributed by atoms with Crippen molar-refractivity contribution in [2.24, 2.45) is 0 Å². The summed E-state index contributed by atoms with van der Waals surface area (Å²) in [4.78, 5) is 7.38. The van der Waals surface area contributed by atoms with E-state index in [2.05, 4.69) is 24.0 Å². The molecular weight excluding hydrogens is 229 g/mol. The third-order valence-corrected chi connectivity index (χ3v) is 2.26. The Balaban J connectivity index is 0. The van der Waals surface area contributed by atoms with Crippen LogP contribution in [0.1, 0.15) is 4.88 Å². The molecule has 1 rings (SSSR count). The first-order valence-corrected chi connectivity index (χ1v) is 4.35. The molecule has 1 aromatic heterocycles. The number of aromatic nitrogens is 1. The molecule has 6 heteroatoms. The molecule has 0 fully saturated rings. The average Bonchev–Trinajstić information content (AvgIpc) is 2.31. The van der Waals surface area contributed by atoms with E-state index in [4.69, 9.17) is 5.73 Å². The first-order chi connectivity index (χ1) is 5.18. The van der Waals surface area contributed by atoms with E-state index in [1.807, 2.05) is 6.20 Å². The maximum Gasteiger partial charge on any atom is 0.180 e. The molecule has 0 amide bonds. The van der Waals surface area contributed by atoms with E-state index in [1.54, 1.807) is 11.3 Å². The Hall–Kier alpha value is -0.0300. The van der Waals surface area contributed by atoms with Gasteiger partial charge in [0.15, 0.2) is 5.13 Å². The SMILES string of the molecule is CN(C)CCc1cnc(N)s1.Cl.Cl. The fraction of sp³-hybridized carbons (Fsp3) is 0.571. The fourth-order valence-electron chi connectivity index (χ4n) is 0.772. The second-order valence-electron chi connectivity index (χ2n) is 2.72. The van der Waals surface area contributed by atoms with Crippen LogP contribution >= 0.6 is 36.2 Å². The first-order valence-electron chi connectivity index (χ1n) is 3.53. The predicted molar refractivity (Wildman–Crippen MR) is 63.3 cm³/mol. The van der Waals surface area contributed by atoms with Crippen LogP contribution in [0.2, 0.25) is 0 Å². The number of likely N-dealkylation sites (N-methyl/N-ethyl adjacent to an activating group) is 1. The molecule has 0 bridgehead atoms. The number of nitrogens with zero attached hydrogens (tertiary/aromatic N) is 2. The number of rotatable bonds is 3. The van der Waals surface area contributed by atoms with E-state index in [1.165, 1.54) is 4.88 Å². The minimum atomic E-state index is 0. The Morgan fingerprint density at radius 2 is 2.08 bits per heavy atom. The van der Waals surface area contributed by atoms with Crippen LogP contribution in [-0.4, -0.2) is 30.5 Å². The smallest absolute Gasteiger partial charge is 0.180 e. The molecule has 1 heterocycles. The van der Waals surface area contributed by atoms with Gasteiger partial charge in [0.1, 0.15) is 0 Å². The molecule has 0 unspecified atom stereocenters. The molecule has 0 radical (unpaired) electrons. The lowest BCUT2D eigenvalue weighted by Crippen LogP contribution is -2.14. The van der Waals surface area contributed by atoms with Gasteiger partial charge >= 0.3 is 0 Å². The van der Waals surface area contributed by atoms with Crippen molar-refractivity contribution in [3.8, 4) is 0 Å². The van der Waals surface area contributed by atoms with Gasteiger partial charge in [0.05, 0.1) is 0 Å². The van der Waals surface area contributed by atoms with Crippen LogP contribution in [0.3, 0.4) is 0 Å². The van der Waals surface area contributed by atoms with Crippen molar-refractivity contribution in [3.05, 3.63) is 11.1 Å².